The largest absolute Gasteiger partial charge is 0.499 e. The normalized spacial score (nSPS) is 33.4. The van der Waals surface area contributed by atoms with Gasteiger partial charge in [-0.1, -0.05) is 102 Å². The summed E-state index contributed by atoms with van der Waals surface area (Å²) in [5.74, 6) is -2.43. The average molecular weight is 739 g/mol. The second-order valence-electron chi connectivity index (χ2n) is 16.7. The van der Waals surface area contributed by atoms with E-state index in [0.717, 1.165) is 32.1 Å². The molecule has 3 fully saturated rings. The van der Waals surface area contributed by atoms with Crippen molar-refractivity contribution in [3.05, 3.63) is 60.4 Å². The molecule has 4 aliphatic rings. The Morgan fingerprint density at radius 3 is 2.32 bits per heavy atom. The molecule has 53 heavy (non-hydrogen) atoms. The van der Waals surface area contributed by atoms with Crippen LogP contribution in [-0.4, -0.2) is 58.3 Å². The lowest BCUT2D eigenvalue weighted by molar-refractivity contribution is -0.220. The Kier molecular flexibility index (Phi) is 15.5. The summed E-state index contributed by atoms with van der Waals surface area (Å²) < 4.78 is 28.5. The highest BCUT2D eigenvalue weighted by Gasteiger charge is 2.75. The van der Waals surface area contributed by atoms with Gasteiger partial charge in [0.2, 0.25) is 5.78 Å². The van der Waals surface area contributed by atoms with Crippen molar-refractivity contribution in [3.8, 4) is 0 Å². The Bertz CT molecular complexity index is 1410. The van der Waals surface area contributed by atoms with E-state index in [4.69, 9.17) is 9.47 Å². The molecule has 4 aliphatic carbocycles. The number of halogens is 1. The van der Waals surface area contributed by atoms with E-state index in [0.29, 0.717) is 37.2 Å². The number of carbonyl (C=O) groups is 3. The SMILES string of the molecule is C=C(CCC(=O)OCC(=O)[C@@]1(O)[C@H](C)C[C@H]2[C@@H]3CCC4=CC(=O)C=C[C@]4(C)[C@@]3(F)[C@@H](O)C[C@@]21C)OCCCCCCCC/C=C\C/C=C\CCCCC. The van der Waals surface area contributed by atoms with E-state index in [1.54, 1.807) is 26.8 Å². The number of ether oxygens (including phenoxy) is 2. The van der Waals surface area contributed by atoms with E-state index in [9.17, 15) is 24.6 Å². The van der Waals surface area contributed by atoms with Gasteiger partial charge in [-0.2, -0.15) is 0 Å². The first-order valence-corrected chi connectivity index (χ1v) is 20.6. The van der Waals surface area contributed by atoms with Gasteiger partial charge in [0, 0.05) is 23.2 Å². The summed E-state index contributed by atoms with van der Waals surface area (Å²) in [6, 6.07) is 0. The Hall–Kier alpha value is -2.84. The zero-order valence-corrected chi connectivity index (χ0v) is 33.0. The average Bonchev–Trinajstić information content (AvgIpc) is 3.33. The number of fused-ring (bicyclic) bond motifs is 5. The Morgan fingerprint density at radius 2 is 1.62 bits per heavy atom. The molecule has 0 aromatic rings. The third-order valence-corrected chi connectivity index (χ3v) is 13.3. The molecule has 0 aromatic carbocycles. The number of carbonyl (C=O) groups excluding carboxylic acids is 3. The highest BCUT2D eigenvalue weighted by Crippen LogP contribution is 2.70. The van der Waals surface area contributed by atoms with E-state index in [1.165, 1.54) is 57.1 Å². The Balaban J connectivity index is 1.12. The second kappa shape index (κ2) is 19.2. The summed E-state index contributed by atoms with van der Waals surface area (Å²) in [6.07, 6.45) is 27.6. The zero-order chi connectivity index (χ0) is 38.7. The van der Waals surface area contributed by atoms with Gasteiger partial charge in [-0.3, -0.25) is 14.4 Å². The van der Waals surface area contributed by atoms with Crippen LogP contribution in [0.5, 0.6) is 0 Å². The summed E-state index contributed by atoms with van der Waals surface area (Å²) in [5.41, 5.74) is -5.54. The van der Waals surface area contributed by atoms with E-state index < -0.39 is 58.4 Å². The van der Waals surface area contributed by atoms with Crippen molar-refractivity contribution in [3.63, 3.8) is 0 Å². The van der Waals surface area contributed by atoms with E-state index >= 15 is 4.39 Å². The number of hydrogen-bond donors (Lipinski definition) is 2. The van der Waals surface area contributed by atoms with Crippen molar-refractivity contribution in [2.75, 3.05) is 13.2 Å². The molecule has 2 N–H and O–H groups in total. The van der Waals surface area contributed by atoms with Crippen LogP contribution in [0.2, 0.25) is 0 Å². The van der Waals surface area contributed by atoms with Crippen LogP contribution in [0, 0.1) is 28.6 Å². The minimum atomic E-state index is -2.05. The lowest BCUT2D eigenvalue weighted by Crippen LogP contribution is -2.69. The first-order valence-electron chi connectivity index (χ1n) is 20.6. The predicted molar refractivity (Wildman–Crippen MR) is 208 cm³/mol. The summed E-state index contributed by atoms with van der Waals surface area (Å²) in [5, 5.41) is 23.7. The molecule has 0 aliphatic heterocycles. The number of unbranched alkanes of at least 4 members (excludes halogenated alkanes) is 9. The van der Waals surface area contributed by atoms with Crippen LogP contribution in [0.15, 0.2) is 60.4 Å². The molecule has 7 nitrogen and oxygen atoms in total. The molecule has 0 unspecified atom stereocenters. The van der Waals surface area contributed by atoms with E-state index in [1.807, 2.05) is 0 Å². The highest BCUT2D eigenvalue weighted by molar-refractivity contribution is 6.01. The molecule has 0 radical (unpaired) electrons. The molecule has 3 saturated carbocycles. The minimum absolute atomic E-state index is 0.000700. The lowest BCUT2D eigenvalue weighted by Gasteiger charge is -2.62. The molecule has 0 heterocycles. The monoisotopic (exact) mass is 738 g/mol. The van der Waals surface area contributed by atoms with Crippen molar-refractivity contribution in [1.29, 1.82) is 0 Å². The Labute approximate surface area is 318 Å². The van der Waals surface area contributed by atoms with Gasteiger partial charge in [0.05, 0.1) is 24.9 Å². The number of esters is 1. The van der Waals surface area contributed by atoms with E-state index in [-0.39, 0.29) is 31.0 Å². The molecule has 8 heteroatoms. The standard InChI is InChI=1S/C45H67FO7/c1-6-7-8-9-10-11-12-13-14-15-16-17-18-19-20-21-28-52-34(3)22-25-41(50)53-32-40(49)45(51)33(2)29-38-37-24-23-35-30-36(47)26-27-42(35,4)44(37,46)39(48)31-43(38,45)5/h10-11,13-14,26-27,30,33,37-39,48,51H,3,6-9,12,15-25,28-29,31-32H2,1-2,4-5H3/b11-10-,14-13-/t33-,37+,38+,39+,42+,43+,44+,45+/m1/s1. The summed E-state index contributed by atoms with van der Waals surface area (Å²) in [7, 11) is 0. The number of aliphatic hydroxyl groups excluding tert-OH is 1. The quantitative estimate of drug-likeness (QED) is 0.0493. The number of rotatable bonds is 22. The van der Waals surface area contributed by atoms with Gasteiger partial charge in [-0.15, -0.1) is 0 Å². The maximum absolute atomic E-state index is 17.4. The number of hydrogen-bond acceptors (Lipinski definition) is 7. The zero-order valence-electron chi connectivity index (χ0n) is 33.0. The molecule has 296 valence electrons. The van der Waals surface area contributed by atoms with Gasteiger partial charge < -0.3 is 19.7 Å². The predicted octanol–water partition coefficient (Wildman–Crippen LogP) is 9.57. The third-order valence-electron chi connectivity index (χ3n) is 13.3. The van der Waals surface area contributed by atoms with Crippen molar-refractivity contribution >= 4 is 17.5 Å². The third kappa shape index (κ3) is 9.35. The van der Waals surface area contributed by atoms with Crippen molar-refractivity contribution in [1.82, 2.24) is 0 Å². The molecule has 0 saturated heterocycles. The fourth-order valence-corrected chi connectivity index (χ4v) is 10.1. The fourth-order valence-electron chi connectivity index (χ4n) is 10.1. The van der Waals surface area contributed by atoms with Crippen LogP contribution in [-0.2, 0) is 23.9 Å². The molecular formula is C45H67FO7. The molecule has 0 amide bonds. The van der Waals surface area contributed by atoms with E-state index in [2.05, 4.69) is 37.8 Å². The molecule has 8 atom stereocenters. The molecule has 0 bridgehead atoms. The number of Topliss-reactive ketones (excluding diaryl/α,β-unsaturated/α-hetero) is 1. The van der Waals surface area contributed by atoms with Crippen LogP contribution in [0.25, 0.3) is 0 Å². The molecule has 0 aromatic heterocycles. The minimum Gasteiger partial charge on any atom is -0.499 e. The number of ketones is 2. The van der Waals surface area contributed by atoms with Gasteiger partial charge in [-0.05, 0) is 95.1 Å². The number of allylic oxidation sites excluding steroid dienone is 9. The van der Waals surface area contributed by atoms with Crippen LogP contribution in [0.3, 0.4) is 0 Å². The van der Waals surface area contributed by atoms with Crippen LogP contribution >= 0.6 is 0 Å². The smallest absolute Gasteiger partial charge is 0.306 e. The van der Waals surface area contributed by atoms with Crippen molar-refractivity contribution < 1.29 is 38.5 Å². The maximum Gasteiger partial charge on any atom is 0.306 e. The molecular weight excluding hydrogens is 671 g/mol. The Morgan fingerprint density at radius 1 is 0.962 bits per heavy atom. The van der Waals surface area contributed by atoms with Crippen LogP contribution in [0.1, 0.15) is 143 Å². The van der Waals surface area contributed by atoms with Crippen LogP contribution < -0.4 is 0 Å². The lowest BCUT2D eigenvalue weighted by atomic mass is 9.44. The fraction of sp³-hybridized carbons (Fsp3) is 0.711. The van der Waals surface area contributed by atoms with Crippen molar-refractivity contribution in [2.45, 2.75) is 161 Å². The van der Waals surface area contributed by atoms with Gasteiger partial charge in [0.15, 0.2) is 18.1 Å². The maximum atomic E-state index is 17.4. The van der Waals surface area contributed by atoms with Gasteiger partial charge in [0.1, 0.15) is 5.60 Å². The summed E-state index contributed by atoms with van der Waals surface area (Å²) >= 11 is 0. The second-order valence-corrected chi connectivity index (χ2v) is 16.7. The summed E-state index contributed by atoms with van der Waals surface area (Å²) in [4.78, 5) is 38.5. The molecule has 4 rings (SSSR count). The van der Waals surface area contributed by atoms with Crippen LogP contribution in [0.4, 0.5) is 4.39 Å². The van der Waals surface area contributed by atoms with Gasteiger partial charge >= 0.3 is 5.97 Å². The van der Waals surface area contributed by atoms with Gasteiger partial charge in [0.25, 0.3) is 0 Å². The summed E-state index contributed by atoms with van der Waals surface area (Å²) in [6.45, 7) is 11.4. The number of alkyl halides is 1. The topological polar surface area (TPSA) is 110 Å². The van der Waals surface area contributed by atoms with Gasteiger partial charge in [-0.25, -0.2) is 4.39 Å². The molecule has 0 spiro atoms. The highest BCUT2D eigenvalue weighted by atomic mass is 19.1. The van der Waals surface area contributed by atoms with Crippen molar-refractivity contribution in [2.24, 2.45) is 28.6 Å². The first kappa shape index (κ1) is 42.9. The number of aliphatic hydroxyl groups is 2. The first-order chi connectivity index (χ1) is 25.3.